The molecule has 0 spiro atoms. The second-order valence-electron chi connectivity index (χ2n) is 5.05. The minimum absolute atomic E-state index is 0.324. The highest BCUT2D eigenvalue weighted by atomic mass is 32.2. The standard InChI is InChI=1S/C17H16N4OS2/c1-12-7-9-14(10-8-12)23-11-15-20-21-17(24-15)19-16(22)18-13-5-3-2-4-6-13/h2-10H,11H2,1H3,(H2,18,19,21,22). The van der Waals surface area contributed by atoms with Crippen LogP contribution in [0.15, 0.2) is 59.5 Å². The molecule has 0 bridgehead atoms. The number of nitrogens with zero attached hydrogens (tertiary/aromatic N) is 2. The average Bonchev–Trinajstić information content (AvgIpc) is 3.02. The van der Waals surface area contributed by atoms with Crippen molar-refractivity contribution in [3.05, 3.63) is 65.2 Å². The van der Waals surface area contributed by atoms with Crippen molar-refractivity contribution in [1.82, 2.24) is 10.2 Å². The first-order valence-electron chi connectivity index (χ1n) is 7.34. The first kappa shape index (κ1) is 16.5. The fourth-order valence-electron chi connectivity index (χ4n) is 1.92. The Morgan fingerprint density at radius 3 is 2.54 bits per heavy atom. The molecule has 1 heterocycles. The van der Waals surface area contributed by atoms with Gasteiger partial charge < -0.3 is 5.32 Å². The number of hydrogen-bond acceptors (Lipinski definition) is 5. The van der Waals surface area contributed by atoms with Crippen LogP contribution in [-0.2, 0) is 5.75 Å². The molecule has 0 aliphatic carbocycles. The molecule has 122 valence electrons. The van der Waals surface area contributed by atoms with E-state index in [9.17, 15) is 4.79 Å². The molecule has 0 unspecified atom stereocenters. The van der Waals surface area contributed by atoms with Crippen LogP contribution in [0, 0.1) is 6.92 Å². The first-order chi connectivity index (χ1) is 11.7. The van der Waals surface area contributed by atoms with Crippen LogP contribution in [0.2, 0.25) is 0 Å². The number of anilines is 2. The van der Waals surface area contributed by atoms with Gasteiger partial charge in [0.05, 0.1) is 5.75 Å². The zero-order valence-electron chi connectivity index (χ0n) is 13.0. The summed E-state index contributed by atoms with van der Waals surface area (Å²) in [5.41, 5.74) is 1.97. The number of hydrogen-bond donors (Lipinski definition) is 2. The summed E-state index contributed by atoms with van der Waals surface area (Å²) in [5.74, 6) is 0.725. The highest BCUT2D eigenvalue weighted by Crippen LogP contribution is 2.26. The molecule has 7 heteroatoms. The van der Waals surface area contributed by atoms with Crippen molar-refractivity contribution in [1.29, 1.82) is 0 Å². The summed E-state index contributed by atoms with van der Waals surface area (Å²) in [6.45, 7) is 2.07. The fourth-order valence-corrected chi connectivity index (χ4v) is 3.54. The number of nitrogens with one attached hydrogen (secondary N) is 2. The number of benzene rings is 2. The molecule has 0 fully saturated rings. The number of carbonyl (C=O) groups excluding carboxylic acids is 1. The molecule has 1 aromatic heterocycles. The van der Waals surface area contributed by atoms with Crippen LogP contribution < -0.4 is 10.6 Å². The van der Waals surface area contributed by atoms with Crippen molar-refractivity contribution >= 4 is 39.9 Å². The molecule has 2 N–H and O–H groups in total. The lowest BCUT2D eigenvalue weighted by Gasteiger charge is -2.04. The molecular weight excluding hydrogens is 340 g/mol. The van der Waals surface area contributed by atoms with Gasteiger partial charge in [0, 0.05) is 10.6 Å². The lowest BCUT2D eigenvalue weighted by atomic mass is 10.2. The van der Waals surface area contributed by atoms with Gasteiger partial charge in [-0.15, -0.1) is 22.0 Å². The Morgan fingerprint density at radius 1 is 1.04 bits per heavy atom. The molecule has 2 aromatic carbocycles. The molecule has 3 aromatic rings. The summed E-state index contributed by atoms with van der Waals surface area (Å²) >= 11 is 3.08. The molecule has 2 amide bonds. The Hall–Kier alpha value is -2.38. The van der Waals surface area contributed by atoms with E-state index in [0.717, 1.165) is 16.4 Å². The highest BCUT2D eigenvalue weighted by molar-refractivity contribution is 7.98. The van der Waals surface area contributed by atoms with E-state index in [2.05, 4.69) is 52.0 Å². The predicted octanol–water partition coefficient (Wildman–Crippen LogP) is 4.78. The lowest BCUT2D eigenvalue weighted by molar-refractivity contribution is 0.262. The van der Waals surface area contributed by atoms with E-state index < -0.39 is 0 Å². The van der Waals surface area contributed by atoms with E-state index in [1.165, 1.54) is 21.8 Å². The minimum Gasteiger partial charge on any atom is -0.308 e. The van der Waals surface area contributed by atoms with Crippen molar-refractivity contribution in [2.45, 2.75) is 17.6 Å². The number of urea groups is 1. The van der Waals surface area contributed by atoms with Gasteiger partial charge in [-0.2, -0.15) is 0 Å². The zero-order valence-corrected chi connectivity index (χ0v) is 14.7. The van der Waals surface area contributed by atoms with Crippen LogP contribution in [0.5, 0.6) is 0 Å². The summed E-state index contributed by atoms with van der Waals surface area (Å²) in [7, 11) is 0. The maximum absolute atomic E-state index is 11.9. The van der Waals surface area contributed by atoms with Crippen LogP contribution in [-0.4, -0.2) is 16.2 Å². The molecule has 3 rings (SSSR count). The summed E-state index contributed by atoms with van der Waals surface area (Å²) in [4.78, 5) is 13.1. The Morgan fingerprint density at radius 2 is 1.79 bits per heavy atom. The Balaban J connectivity index is 1.51. The third-order valence-electron chi connectivity index (χ3n) is 3.10. The van der Waals surface area contributed by atoms with E-state index >= 15 is 0 Å². The first-order valence-corrected chi connectivity index (χ1v) is 9.14. The van der Waals surface area contributed by atoms with Gasteiger partial charge >= 0.3 is 6.03 Å². The van der Waals surface area contributed by atoms with Crippen molar-refractivity contribution in [3.8, 4) is 0 Å². The number of thioether (sulfide) groups is 1. The quantitative estimate of drug-likeness (QED) is 0.646. The number of para-hydroxylation sites is 1. The van der Waals surface area contributed by atoms with Gasteiger partial charge in [0.2, 0.25) is 5.13 Å². The van der Waals surface area contributed by atoms with E-state index in [-0.39, 0.29) is 6.03 Å². The van der Waals surface area contributed by atoms with E-state index in [1.807, 2.05) is 30.3 Å². The summed E-state index contributed by atoms with van der Waals surface area (Å²) in [5, 5.41) is 14.9. The summed E-state index contributed by atoms with van der Waals surface area (Å²) in [6.07, 6.45) is 0. The Bertz CT molecular complexity index is 803. The summed E-state index contributed by atoms with van der Waals surface area (Å²) in [6, 6.07) is 17.3. The molecule has 24 heavy (non-hydrogen) atoms. The molecule has 0 saturated heterocycles. The van der Waals surface area contributed by atoms with Gasteiger partial charge in [0.1, 0.15) is 5.01 Å². The van der Waals surface area contributed by atoms with Crippen molar-refractivity contribution in [2.24, 2.45) is 0 Å². The third kappa shape index (κ3) is 4.81. The molecule has 0 saturated carbocycles. The SMILES string of the molecule is Cc1ccc(SCc2nnc(NC(=O)Nc3ccccc3)s2)cc1. The van der Waals surface area contributed by atoms with Crippen LogP contribution in [0.4, 0.5) is 15.6 Å². The van der Waals surface area contributed by atoms with Gasteiger partial charge in [-0.05, 0) is 31.2 Å². The highest BCUT2D eigenvalue weighted by Gasteiger charge is 2.08. The van der Waals surface area contributed by atoms with Gasteiger partial charge in [-0.3, -0.25) is 5.32 Å². The maximum Gasteiger partial charge on any atom is 0.325 e. The Labute approximate surface area is 148 Å². The monoisotopic (exact) mass is 356 g/mol. The van der Waals surface area contributed by atoms with Crippen molar-refractivity contribution < 1.29 is 4.79 Å². The van der Waals surface area contributed by atoms with Crippen molar-refractivity contribution in [3.63, 3.8) is 0 Å². The van der Waals surface area contributed by atoms with E-state index in [1.54, 1.807) is 11.8 Å². The van der Waals surface area contributed by atoms with Crippen LogP contribution >= 0.6 is 23.1 Å². The maximum atomic E-state index is 11.9. The third-order valence-corrected chi connectivity index (χ3v) is 5.15. The topological polar surface area (TPSA) is 66.9 Å². The normalized spacial score (nSPS) is 10.4. The number of rotatable bonds is 5. The minimum atomic E-state index is -0.324. The van der Waals surface area contributed by atoms with Gasteiger partial charge in [0.25, 0.3) is 0 Å². The largest absolute Gasteiger partial charge is 0.325 e. The van der Waals surface area contributed by atoms with Crippen LogP contribution in [0.25, 0.3) is 0 Å². The lowest BCUT2D eigenvalue weighted by Crippen LogP contribution is -2.19. The predicted molar refractivity (Wildman–Crippen MR) is 99.7 cm³/mol. The molecule has 0 atom stereocenters. The Kier molecular flexibility index (Phi) is 5.45. The molecule has 0 aliphatic rings. The fraction of sp³-hybridized carbons (Fsp3) is 0.118. The van der Waals surface area contributed by atoms with Gasteiger partial charge in [-0.1, -0.05) is 47.2 Å². The summed E-state index contributed by atoms with van der Waals surface area (Å²) < 4.78 is 0. The van der Waals surface area contributed by atoms with E-state index in [4.69, 9.17) is 0 Å². The van der Waals surface area contributed by atoms with Gasteiger partial charge in [-0.25, -0.2) is 4.79 Å². The second-order valence-corrected chi connectivity index (χ2v) is 7.16. The smallest absolute Gasteiger partial charge is 0.308 e. The van der Waals surface area contributed by atoms with Crippen LogP contribution in [0.1, 0.15) is 10.6 Å². The van der Waals surface area contributed by atoms with E-state index in [0.29, 0.717) is 5.13 Å². The number of aryl methyl sites for hydroxylation is 1. The molecule has 0 aliphatic heterocycles. The van der Waals surface area contributed by atoms with Crippen LogP contribution in [0.3, 0.4) is 0 Å². The van der Waals surface area contributed by atoms with Crippen molar-refractivity contribution in [2.75, 3.05) is 10.6 Å². The second kappa shape index (κ2) is 7.94. The number of carbonyl (C=O) groups is 1. The molecule has 0 radical (unpaired) electrons. The number of aromatic nitrogens is 2. The molecule has 5 nitrogen and oxygen atoms in total. The average molecular weight is 356 g/mol. The zero-order chi connectivity index (χ0) is 16.8. The number of amides is 2. The molecular formula is C17H16N4OS2. The van der Waals surface area contributed by atoms with Gasteiger partial charge in [0.15, 0.2) is 0 Å².